The van der Waals surface area contributed by atoms with Crippen molar-refractivity contribution in [2.45, 2.75) is 191 Å². The molecule has 0 bridgehead atoms. The summed E-state index contributed by atoms with van der Waals surface area (Å²) in [6, 6.07) is -12.0. The normalized spacial score (nSPS) is 14.7. The molecular formula is C51H100N24O11. The third-order valence-corrected chi connectivity index (χ3v) is 13.2. The molecule has 0 saturated carbocycles. The van der Waals surface area contributed by atoms with E-state index in [4.69, 9.17) is 63.1 Å². The van der Waals surface area contributed by atoms with E-state index in [-0.39, 0.29) is 121 Å². The Morgan fingerprint density at radius 1 is 0.372 bits per heavy atom. The average Bonchev–Trinajstić information content (AvgIpc) is 2.24. The molecular weight excluding hydrogens is 1120 g/mol. The molecule has 86 heavy (non-hydrogen) atoms. The number of aliphatic hydroxyl groups is 1. The Labute approximate surface area is 502 Å². The van der Waals surface area contributed by atoms with E-state index in [0.29, 0.717) is 38.5 Å². The summed E-state index contributed by atoms with van der Waals surface area (Å²) < 4.78 is 0. The zero-order valence-corrected chi connectivity index (χ0v) is 50.4. The van der Waals surface area contributed by atoms with E-state index in [1.165, 1.54) is 20.8 Å². The van der Waals surface area contributed by atoms with Crippen LogP contribution in [-0.2, 0) is 47.9 Å². The summed E-state index contributed by atoms with van der Waals surface area (Å²) in [6.45, 7) is 7.92. The van der Waals surface area contributed by atoms with Crippen LogP contribution in [0.15, 0.2) is 20.0 Å². The molecule has 0 aliphatic carbocycles. The van der Waals surface area contributed by atoms with Crippen LogP contribution < -0.4 is 111 Å². The van der Waals surface area contributed by atoms with Crippen LogP contribution in [0.5, 0.6) is 0 Å². The lowest BCUT2D eigenvalue weighted by atomic mass is 9.96. The summed E-state index contributed by atoms with van der Waals surface area (Å²) in [5, 5.41) is 33.6. The molecule has 0 saturated heterocycles. The number of rotatable bonds is 45. The van der Waals surface area contributed by atoms with Gasteiger partial charge in [-0.3, -0.25) is 67.9 Å². The second kappa shape index (κ2) is 43.3. The number of primary amides is 1. The van der Waals surface area contributed by atoms with Gasteiger partial charge in [0.1, 0.15) is 54.4 Å². The number of nitrogens with two attached hydrogens (primary N) is 11. The number of carbonyl (C=O) groups is 10. The van der Waals surface area contributed by atoms with Gasteiger partial charge in [0.25, 0.3) is 0 Å². The molecule has 490 valence electrons. The van der Waals surface area contributed by atoms with Crippen LogP contribution in [0.3, 0.4) is 0 Å². The maximum Gasteiger partial charge on any atom is 0.243 e. The summed E-state index contributed by atoms with van der Waals surface area (Å²) in [7, 11) is 0. The molecule has 0 aromatic carbocycles. The quantitative estimate of drug-likeness (QED) is 0.0153. The third-order valence-electron chi connectivity index (χ3n) is 13.2. The van der Waals surface area contributed by atoms with Crippen LogP contribution >= 0.6 is 0 Å². The van der Waals surface area contributed by atoms with E-state index in [1.807, 2.05) is 0 Å². The van der Waals surface area contributed by atoms with E-state index in [1.54, 1.807) is 13.8 Å². The summed E-state index contributed by atoms with van der Waals surface area (Å²) in [5.41, 5.74) is 60.8. The van der Waals surface area contributed by atoms with Crippen molar-refractivity contribution < 1.29 is 53.1 Å². The Morgan fingerprint density at radius 2 is 0.651 bits per heavy atom. The van der Waals surface area contributed by atoms with Crippen molar-refractivity contribution in [3.8, 4) is 0 Å². The second-order valence-corrected chi connectivity index (χ2v) is 20.7. The molecule has 11 atom stereocenters. The second-order valence-electron chi connectivity index (χ2n) is 20.7. The van der Waals surface area contributed by atoms with Crippen LogP contribution in [0.1, 0.15) is 131 Å². The van der Waals surface area contributed by atoms with Crippen molar-refractivity contribution in [3.63, 3.8) is 0 Å². The highest BCUT2D eigenvalue weighted by Gasteiger charge is 2.36. The van der Waals surface area contributed by atoms with Gasteiger partial charge in [-0.05, 0) is 123 Å². The van der Waals surface area contributed by atoms with Crippen molar-refractivity contribution in [2.75, 3.05) is 39.3 Å². The standard InChI is InChI=1S/C51H100N24O11/c1-6-27(2)37(74-45(84)35(19-13-25-65-50(59)60)69-40(79)28(3)67-41(80)31(68-30(5)77)17-11-23-63-48(55)56)47(86)73-34(18-12-24-64-49(57)58)44(83)71-32(15-7-9-21-52)42(81)70-33(16-8-10-22-53)43(82)72-36(20-14-26-66-51(61)62)46(85)75-38(29(4)76)39(54)78/h27-29,31-38,76H,6-26,52-53H2,1-5H3,(H2,54,78)(H,67,80)(H,68,77)(H,69,79)(H,70,81)(H,71,83)(H,72,82)(H,73,86)(H,74,84)(H,75,85)(H4,55,56,63)(H4,57,58,64)(H4,59,60,65)(H4,61,62,66)/t27-,28-,29+,31-,32-,33-,34-,35-,36-,37-,38-/m0/s1. The number of unbranched alkanes of at least 4 members (excludes halogenated alkanes) is 2. The van der Waals surface area contributed by atoms with Gasteiger partial charge < -0.3 is 116 Å². The zero-order valence-electron chi connectivity index (χ0n) is 50.4. The predicted molar refractivity (Wildman–Crippen MR) is 325 cm³/mol. The molecule has 10 amide bonds. The van der Waals surface area contributed by atoms with Gasteiger partial charge in [0.2, 0.25) is 59.1 Å². The monoisotopic (exact) mass is 1220 g/mol. The highest BCUT2D eigenvalue weighted by atomic mass is 16.3. The molecule has 0 fully saturated rings. The molecule has 35 nitrogen and oxygen atoms in total. The fourth-order valence-corrected chi connectivity index (χ4v) is 8.25. The minimum Gasteiger partial charge on any atom is -0.391 e. The van der Waals surface area contributed by atoms with Crippen molar-refractivity contribution in [2.24, 2.45) is 89.0 Å². The average molecular weight is 1230 g/mol. The van der Waals surface area contributed by atoms with Crippen molar-refractivity contribution in [1.82, 2.24) is 47.9 Å². The van der Waals surface area contributed by atoms with Crippen molar-refractivity contribution in [1.29, 1.82) is 0 Å². The molecule has 35 heteroatoms. The van der Waals surface area contributed by atoms with Crippen LogP contribution in [0.2, 0.25) is 0 Å². The van der Waals surface area contributed by atoms with E-state index in [9.17, 15) is 53.1 Å². The minimum absolute atomic E-state index is 0.00472. The SMILES string of the molecule is CC[C@H](C)[C@H](NC(=O)[C@H](CCCN=C(N)N)NC(=O)[C@H](C)NC(=O)[C@H](CCCN=C(N)N)NC(C)=O)C(=O)N[C@@H](CCCN=C(N)N)C(=O)N[C@@H](CCCCN)C(=O)N[C@@H](CCCCN)C(=O)N[C@@H](CCCN=C(N)N)C(=O)N[C@H](C(N)=O)[C@@H](C)O. The van der Waals surface area contributed by atoms with Crippen LogP contribution in [0.25, 0.3) is 0 Å². The van der Waals surface area contributed by atoms with Crippen LogP contribution in [0, 0.1) is 5.92 Å². The number of aliphatic imine (C=N–C) groups is 4. The number of carbonyl (C=O) groups excluding carboxylic acids is 10. The lowest BCUT2D eigenvalue weighted by molar-refractivity contribution is -0.136. The number of hydrogen-bond donors (Lipinski definition) is 21. The number of hydrogen-bond acceptors (Lipinski definition) is 17. The third kappa shape index (κ3) is 33.8. The first-order chi connectivity index (χ1) is 40.5. The van der Waals surface area contributed by atoms with E-state index >= 15 is 0 Å². The van der Waals surface area contributed by atoms with Gasteiger partial charge in [-0.2, -0.15) is 0 Å². The molecule has 0 aromatic rings. The number of aliphatic hydroxyl groups excluding tert-OH is 1. The smallest absolute Gasteiger partial charge is 0.243 e. The van der Waals surface area contributed by atoms with Gasteiger partial charge in [0.05, 0.1) is 6.10 Å². The Bertz CT molecular complexity index is 2290. The largest absolute Gasteiger partial charge is 0.391 e. The summed E-state index contributed by atoms with van der Waals surface area (Å²) in [4.78, 5) is 152. The zero-order chi connectivity index (χ0) is 65.5. The van der Waals surface area contributed by atoms with E-state index in [0.717, 1.165) is 0 Å². The van der Waals surface area contributed by atoms with Crippen LogP contribution in [-0.4, -0.2) is 188 Å². The molecule has 0 radical (unpaired) electrons. The van der Waals surface area contributed by atoms with Crippen molar-refractivity contribution >= 4 is 82.9 Å². The van der Waals surface area contributed by atoms with E-state index < -0.39 is 125 Å². The van der Waals surface area contributed by atoms with Crippen LogP contribution in [0.4, 0.5) is 0 Å². The Kier molecular flexibility index (Phi) is 39.1. The van der Waals surface area contributed by atoms with Gasteiger partial charge >= 0.3 is 0 Å². The Hall–Kier alpha value is -8.34. The van der Waals surface area contributed by atoms with Gasteiger partial charge in [-0.15, -0.1) is 0 Å². The predicted octanol–water partition coefficient (Wildman–Crippen LogP) is -8.23. The molecule has 0 aliphatic rings. The van der Waals surface area contributed by atoms with Gasteiger partial charge in [-0.25, -0.2) is 0 Å². The molecule has 0 unspecified atom stereocenters. The van der Waals surface area contributed by atoms with Crippen molar-refractivity contribution in [3.05, 3.63) is 0 Å². The molecule has 32 N–H and O–H groups in total. The fourth-order valence-electron chi connectivity index (χ4n) is 8.25. The maximum absolute atomic E-state index is 14.5. The summed E-state index contributed by atoms with van der Waals surface area (Å²) in [5.74, 6) is -9.63. The maximum atomic E-state index is 14.5. The van der Waals surface area contributed by atoms with Gasteiger partial charge in [0.15, 0.2) is 23.8 Å². The summed E-state index contributed by atoms with van der Waals surface area (Å²) >= 11 is 0. The lowest BCUT2D eigenvalue weighted by Crippen LogP contribution is -2.61. The number of amides is 10. The first-order valence-electron chi connectivity index (χ1n) is 28.8. The molecule has 0 spiro atoms. The summed E-state index contributed by atoms with van der Waals surface area (Å²) in [6.07, 6.45) is 0.926. The Balaban J connectivity index is 7.11. The topological polar surface area (TPSA) is 635 Å². The molecule has 0 heterocycles. The minimum atomic E-state index is -1.53. The number of guanidine groups is 4. The molecule has 0 aliphatic heterocycles. The first kappa shape index (κ1) is 77.7. The highest BCUT2D eigenvalue weighted by molar-refractivity contribution is 5.98. The van der Waals surface area contributed by atoms with Gasteiger partial charge in [0, 0.05) is 33.1 Å². The fraction of sp³-hybridized carbons (Fsp3) is 0.725. The number of nitrogens with one attached hydrogen (secondary N) is 9. The Morgan fingerprint density at radius 3 is 0.942 bits per heavy atom. The first-order valence-corrected chi connectivity index (χ1v) is 28.8. The molecule has 0 rings (SSSR count). The van der Waals surface area contributed by atoms with Gasteiger partial charge in [-0.1, -0.05) is 20.3 Å². The number of nitrogens with zero attached hydrogens (tertiary/aromatic N) is 4. The molecule has 0 aromatic heterocycles. The highest BCUT2D eigenvalue weighted by Crippen LogP contribution is 2.14. The van der Waals surface area contributed by atoms with E-state index in [2.05, 4.69) is 67.8 Å². The lowest BCUT2D eigenvalue weighted by Gasteiger charge is -2.30.